The minimum Gasteiger partial charge on any atom is -0.493 e. The highest BCUT2D eigenvalue weighted by molar-refractivity contribution is 6.30. The molecule has 0 unspecified atom stereocenters. The van der Waals surface area contributed by atoms with E-state index in [4.69, 9.17) is 21.1 Å². The molecule has 8 heteroatoms. The second kappa shape index (κ2) is 11.7. The molecule has 166 valence electrons. The fraction of sp³-hybridized carbons (Fsp3) is 0.391. The van der Waals surface area contributed by atoms with Crippen LogP contribution in [0.2, 0.25) is 5.02 Å². The van der Waals surface area contributed by atoms with Gasteiger partial charge in [0.15, 0.2) is 11.5 Å². The van der Waals surface area contributed by atoms with Crippen LogP contribution in [0.15, 0.2) is 47.6 Å². The number of ether oxygens (including phenoxy) is 2. The van der Waals surface area contributed by atoms with E-state index < -0.39 is 0 Å². The second-order valence-corrected chi connectivity index (χ2v) is 7.75. The summed E-state index contributed by atoms with van der Waals surface area (Å²) < 4.78 is 10.8. The average Bonchev–Trinajstić information content (AvgIpc) is 2.78. The summed E-state index contributed by atoms with van der Waals surface area (Å²) in [5, 5.41) is 4.82. The highest BCUT2D eigenvalue weighted by Crippen LogP contribution is 2.27. The Bertz CT molecular complexity index is 881. The molecule has 1 N–H and O–H groups in total. The lowest BCUT2D eigenvalue weighted by Gasteiger charge is -2.34. The summed E-state index contributed by atoms with van der Waals surface area (Å²) >= 11 is 5.95. The molecular formula is C23H29ClN4O3. The van der Waals surface area contributed by atoms with Crippen molar-refractivity contribution in [1.29, 1.82) is 0 Å². The lowest BCUT2D eigenvalue weighted by molar-refractivity contribution is -0.122. The molecule has 0 saturated carbocycles. The highest BCUT2D eigenvalue weighted by atomic mass is 35.5. The smallest absolute Gasteiger partial charge is 0.254 e. The van der Waals surface area contributed by atoms with Gasteiger partial charge in [-0.2, -0.15) is 5.10 Å². The summed E-state index contributed by atoms with van der Waals surface area (Å²) in [6.07, 6.45) is 1.60. The molecule has 7 nitrogen and oxygen atoms in total. The monoisotopic (exact) mass is 444 g/mol. The molecule has 0 bridgehead atoms. The first-order valence-corrected chi connectivity index (χ1v) is 10.8. The summed E-state index contributed by atoms with van der Waals surface area (Å²) in [6, 6.07) is 13.5. The van der Waals surface area contributed by atoms with Crippen LogP contribution < -0.4 is 14.9 Å². The van der Waals surface area contributed by atoms with Gasteiger partial charge in [-0.25, -0.2) is 5.43 Å². The van der Waals surface area contributed by atoms with Crippen molar-refractivity contribution in [2.75, 3.05) is 46.4 Å². The lowest BCUT2D eigenvalue weighted by Crippen LogP contribution is -2.48. The van der Waals surface area contributed by atoms with Crippen LogP contribution in [0.5, 0.6) is 11.5 Å². The average molecular weight is 445 g/mol. The lowest BCUT2D eigenvalue weighted by atomic mass is 10.2. The number of hydrogen-bond donors (Lipinski definition) is 1. The van der Waals surface area contributed by atoms with Gasteiger partial charge in [-0.15, -0.1) is 0 Å². The van der Waals surface area contributed by atoms with E-state index in [-0.39, 0.29) is 5.91 Å². The Morgan fingerprint density at radius 3 is 2.48 bits per heavy atom. The van der Waals surface area contributed by atoms with Crippen LogP contribution in [0.25, 0.3) is 0 Å². The zero-order valence-electron chi connectivity index (χ0n) is 18.0. The van der Waals surface area contributed by atoms with Crippen molar-refractivity contribution in [3.63, 3.8) is 0 Å². The largest absolute Gasteiger partial charge is 0.493 e. The molecule has 1 amide bonds. The quantitative estimate of drug-likeness (QED) is 0.475. The van der Waals surface area contributed by atoms with Crippen molar-refractivity contribution >= 4 is 23.7 Å². The zero-order chi connectivity index (χ0) is 22.1. The Morgan fingerprint density at radius 2 is 1.81 bits per heavy atom. The Labute approximate surface area is 188 Å². The van der Waals surface area contributed by atoms with E-state index in [0.29, 0.717) is 24.7 Å². The Balaban J connectivity index is 1.40. The van der Waals surface area contributed by atoms with Crippen molar-refractivity contribution in [3.05, 3.63) is 58.6 Å². The number of piperazine rings is 1. The first kappa shape index (κ1) is 23.1. The maximum Gasteiger partial charge on any atom is 0.254 e. The first-order chi connectivity index (χ1) is 15.1. The standard InChI is InChI=1S/C23H29ClN4O3/c1-3-31-21-9-6-19(14-22(21)30-2)15-25-26-23(29)17-28-12-10-27(11-13-28)16-18-4-7-20(24)8-5-18/h4-9,14-15H,3,10-13,16-17H2,1-2H3,(H,26,29)/b25-15+. The summed E-state index contributed by atoms with van der Waals surface area (Å²) in [7, 11) is 1.59. The number of rotatable bonds is 9. The summed E-state index contributed by atoms with van der Waals surface area (Å²) in [5.41, 5.74) is 4.66. The van der Waals surface area contributed by atoms with Gasteiger partial charge in [-0.1, -0.05) is 23.7 Å². The van der Waals surface area contributed by atoms with Crippen molar-refractivity contribution in [1.82, 2.24) is 15.2 Å². The van der Waals surface area contributed by atoms with E-state index in [1.807, 2.05) is 37.3 Å². The molecule has 0 spiro atoms. The molecule has 0 atom stereocenters. The summed E-state index contributed by atoms with van der Waals surface area (Å²) in [6.45, 7) is 7.25. The van der Waals surface area contributed by atoms with E-state index in [2.05, 4.69) is 32.5 Å². The maximum absolute atomic E-state index is 12.2. The van der Waals surface area contributed by atoms with Crippen molar-refractivity contribution in [2.24, 2.45) is 5.10 Å². The summed E-state index contributed by atoms with van der Waals surface area (Å²) in [4.78, 5) is 16.8. The van der Waals surface area contributed by atoms with E-state index in [0.717, 1.165) is 43.3 Å². The molecule has 1 aliphatic rings. The molecule has 2 aromatic carbocycles. The number of nitrogens with zero attached hydrogens (tertiary/aromatic N) is 3. The third-order valence-electron chi connectivity index (χ3n) is 5.04. The fourth-order valence-electron chi connectivity index (χ4n) is 3.41. The molecule has 0 aromatic heterocycles. The minimum atomic E-state index is -0.125. The van der Waals surface area contributed by atoms with Crippen molar-refractivity contribution in [3.8, 4) is 11.5 Å². The molecule has 1 saturated heterocycles. The van der Waals surface area contributed by atoms with Gasteiger partial charge < -0.3 is 9.47 Å². The Hall–Kier alpha value is -2.61. The topological polar surface area (TPSA) is 66.4 Å². The number of benzene rings is 2. The Morgan fingerprint density at radius 1 is 1.10 bits per heavy atom. The van der Waals surface area contributed by atoms with Gasteiger partial charge in [0.2, 0.25) is 0 Å². The number of halogens is 1. The third kappa shape index (κ3) is 7.24. The maximum atomic E-state index is 12.2. The van der Waals surface area contributed by atoms with Crippen molar-refractivity contribution < 1.29 is 14.3 Å². The Kier molecular flexibility index (Phi) is 8.70. The van der Waals surface area contributed by atoms with E-state index in [1.165, 1.54) is 5.56 Å². The number of hydrazone groups is 1. The predicted octanol–water partition coefficient (Wildman–Crippen LogP) is 3.02. The van der Waals surface area contributed by atoms with Gasteiger partial charge in [-0.3, -0.25) is 14.6 Å². The predicted molar refractivity (Wildman–Crippen MR) is 123 cm³/mol. The SMILES string of the molecule is CCOc1ccc(/C=N/NC(=O)CN2CCN(Cc3ccc(Cl)cc3)CC2)cc1OC. The molecule has 1 heterocycles. The third-order valence-corrected chi connectivity index (χ3v) is 5.29. The van der Waals surface area contributed by atoms with Gasteiger partial charge >= 0.3 is 0 Å². The van der Waals surface area contributed by atoms with Crippen LogP contribution in [-0.2, 0) is 11.3 Å². The molecular weight excluding hydrogens is 416 g/mol. The molecule has 2 aromatic rings. The number of amides is 1. The minimum absolute atomic E-state index is 0.125. The van der Waals surface area contributed by atoms with Gasteiger partial charge in [-0.05, 0) is 48.4 Å². The zero-order valence-corrected chi connectivity index (χ0v) is 18.8. The van der Waals surface area contributed by atoms with Crippen LogP contribution in [0.4, 0.5) is 0 Å². The van der Waals surface area contributed by atoms with E-state index in [1.54, 1.807) is 13.3 Å². The van der Waals surface area contributed by atoms with Crippen molar-refractivity contribution in [2.45, 2.75) is 13.5 Å². The molecule has 1 fully saturated rings. The highest BCUT2D eigenvalue weighted by Gasteiger charge is 2.18. The molecule has 1 aliphatic heterocycles. The van der Waals surface area contributed by atoms with Gasteiger partial charge in [0.25, 0.3) is 5.91 Å². The van der Waals surface area contributed by atoms with Crippen LogP contribution in [0.1, 0.15) is 18.1 Å². The van der Waals surface area contributed by atoms with Crippen LogP contribution in [-0.4, -0.2) is 68.4 Å². The number of hydrogen-bond acceptors (Lipinski definition) is 6. The first-order valence-electron chi connectivity index (χ1n) is 10.4. The van der Waals surface area contributed by atoms with Gasteiger partial charge in [0.1, 0.15) is 0 Å². The fourth-order valence-corrected chi connectivity index (χ4v) is 3.54. The molecule has 0 radical (unpaired) electrons. The van der Waals surface area contributed by atoms with Crippen LogP contribution in [0.3, 0.4) is 0 Å². The second-order valence-electron chi connectivity index (χ2n) is 7.32. The van der Waals surface area contributed by atoms with Gasteiger partial charge in [0.05, 0.1) is 26.5 Å². The summed E-state index contributed by atoms with van der Waals surface area (Å²) in [5.74, 6) is 1.19. The van der Waals surface area contributed by atoms with E-state index >= 15 is 0 Å². The molecule has 0 aliphatic carbocycles. The van der Waals surface area contributed by atoms with Gasteiger partial charge in [0, 0.05) is 37.7 Å². The normalized spacial score (nSPS) is 15.2. The molecule has 31 heavy (non-hydrogen) atoms. The number of methoxy groups -OCH3 is 1. The van der Waals surface area contributed by atoms with Crippen LogP contribution in [0, 0.1) is 0 Å². The number of carbonyl (C=O) groups excluding carboxylic acids is 1. The van der Waals surface area contributed by atoms with Crippen LogP contribution >= 0.6 is 11.6 Å². The molecule has 3 rings (SSSR count). The number of carbonyl (C=O) groups is 1. The van der Waals surface area contributed by atoms with E-state index in [9.17, 15) is 4.79 Å². The number of nitrogens with one attached hydrogen (secondary N) is 1.